The van der Waals surface area contributed by atoms with Gasteiger partial charge >= 0.3 is 0 Å². The second-order valence-electron chi connectivity index (χ2n) is 2.80. The molecule has 1 aromatic rings. The Morgan fingerprint density at radius 1 is 1.31 bits per heavy atom. The standard InChI is InChI=1S/C10H14OS2/c1-9-3-2-4-10(7-9)8-13-12-6-5-11/h2-4,7,11H,5-6,8H2,1H3. The monoisotopic (exact) mass is 214 g/mol. The summed E-state index contributed by atoms with van der Waals surface area (Å²) in [6.07, 6.45) is 0. The van der Waals surface area contributed by atoms with Gasteiger partial charge in [-0.15, -0.1) is 0 Å². The van der Waals surface area contributed by atoms with Crippen LogP contribution in [0.4, 0.5) is 0 Å². The summed E-state index contributed by atoms with van der Waals surface area (Å²) >= 11 is 0. The molecular formula is C10H14OS2. The Bertz CT molecular complexity index is 250. The first-order chi connectivity index (χ1) is 6.33. The third-order valence-electron chi connectivity index (χ3n) is 1.57. The lowest BCUT2D eigenvalue weighted by molar-refractivity contribution is 0.323. The van der Waals surface area contributed by atoms with Gasteiger partial charge in [0.2, 0.25) is 0 Å². The van der Waals surface area contributed by atoms with E-state index in [2.05, 4.69) is 31.2 Å². The number of benzene rings is 1. The summed E-state index contributed by atoms with van der Waals surface area (Å²) in [5, 5.41) is 8.57. The molecular weight excluding hydrogens is 200 g/mol. The first-order valence-electron chi connectivity index (χ1n) is 4.24. The van der Waals surface area contributed by atoms with E-state index < -0.39 is 0 Å². The molecule has 0 radical (unpaired) electrons. The largest absolute Gasteiger partial charge is 0.395 e. The van der Waals surface area contributed by atoms with Crippen LogP contribution in [0.2, 0.25) is 0 Å². The predicted molar refractivity (Wildman–Crippen MR) is 62.0 cm³/mol. The SMILES string of the molecule is Cc1cccc(CSSCCO)c1. The maximum absolute atomic E-state index is 8.57. The van der Waals surface area contributed by atoms with E-state index >= 15 is 0 Å². The molecule has 1 rings (SSSR count). The van der Waals surface area contributed by atoms with Crippen LogP contribution in [0.25, 0.3) is 0 Å². The van der Waals surface area contributed by atoms with Crippen LogP contribution < -0.4 is 0 Å². The molecule has 0 atom stereocenters. The molecule has 1 N–H and O–H groups in total. The molecule has 0 heterocycles. The van der Waals surface area contributed by atoms with E-state index in [1.54, 1.807) is 21.6 Å². The summed E-state index contributed by atoms with van der Waals surface area (Å²) in [7, 11) is 3.52. The van der Waals surface area contributed by atoms with Crippen molar-refractivity contribution in [3.63, 3.8) is 0 Å². The molecule has 0 aliphatic carbocycles. The first-order valence-corrected chi connectivity index (χ1v) is 6.72. The minimum atomic E-state index is 0.269. The summed E-state index contributed by atoms with van der Waals surface area (Å²) in [5.74, 6) is 1.84. The maximum Gasteiger partial charge on any atom is 0.0530 e. The fourth-order valence-corrected chi connectivity index (χ4v) is 2.83. The summed E-state index contributed by atoms with van der Waals surface area (Å²) in [6, 6.07) is 8.53. The molecule has 3 heteroatoms. The highest BCUT2D eigenvalue weighted by atomic mass is 33.1. The second kappa shape index (κ2) is 6.35. The zero-order valence-electron chi connectivity index (χ0n) is 7.69. The number of hydrogen-bond acceptors (Lipinski definition) is 3. The van der Waals surface area contributed by atoms with Crippen molar-refractivity contribution in [1.29, 1.82) is 0 Å². The maximum atomic E-state index is 8.57. The van der Waals surface area contributed by atoms with Crippen LogP contribution in [0.1, 0.15) is 11.1 Å². The molecule has 13 heavy (non-hydrogen) atoms. The normalized spacial score (nSPS) is 10.3. The van der Waals surface area contributed by atoms with Gasteiger partial charge in [-0.3, -0.25) is 0 Å². The van der Waals surface area contributed by atoms with Gasteiger partial charge in [0.25, 0.3) is 0 Å². The molecule has 0 aliphatic rings. The smallest absolute Gasteiger partial charge is 0.0530 e. The van der Waals surface area contributed by atoms with Crippen molar-refractivity contribution in [2.75, 3.05) is 12.4 Å². The van der Waals surface area contributed by atoms with E-state index in [0.29, 0.717) is 0 Å². The lowest BCUT2D eigenvalue weighted by atomic mass is 10.2. The lowest BCUT2D eigenvalue weighted by Crippen LogP contribution is -1.84. The van der Waals surface area contributed by atoms with Crippen LogP contribution in [-0.2, 0) is 5.75 Å². The van der Waals surface area contributed by atoms with Crippen molar-refractivity contribution in [2.24, 2.45) is 0 Å². The van der Waals surface area contributed by atoms with Gasteiger partial charge in [-0.25, -0.2) is 0 Å². The fraction of sp³-hybridized carbons (Fsp3) is 0.400. The number of aryl methyl sites for hydroxylation is 1. The number of aliphatic hydroxyl groups is 1. The molecule has 0 saturated carbocycles. The van der Waals surface area contributed by atoms with Crippen LogP contribution >= 0.6 is 21.6 Å². The molecule has 0 spiro atoms. The molecule has 0 unspecified atom stereocenters. The zero-order chi connectivity index (χ0) is 9.52. The van der Waals surface area contributed by atoms with E-state index in [9.17, 15) is 0 Å². The van der Waals surface area contributed by atoms with Crippen molar-refractivity contribution >= 4 is 21.6 Å². The van der Waals surface area contributed by atoms with Gasteiger partial charge in [-0.05, 0) is 12.5 Å². The average Bonchev–Trinajstić information content (AvgIpc) is 2.13. The first kappa shape index (κ1) is 11.0. The molecule has 1 aromatic carbocycles. The van der Waals surface area contributed by atoms with E-state index in [4.69, 9.17) is 5.11 Å². The van der Waals surface area contributed by atoms with Gasteiger partial charge in [0.05, 0.1) is 6.61 Å². The zero-order valence-corrected chi connectivity index (χ0v) is 9.33. The summed E-state index contributed by atoms with van der Waals surface area (Å²) in [5.41, 5.74) is 2.67. The number of rotatable bonds is 5. The topological polar surface area (TPSA) is 20.2 Å². The van der Waals surface area contributed by atoms with Crippen LogP contribution in [0.3, 0.4) is 0 Å². The minimum Gasteiger partial charge on any atom is -0.395 e. The highest BCUT2D eigenvalue weighted by molar-refractivity contribution is 8.76. The van der Waals surface area contributed by atoms with E-state index in [1.165, 1.54) is 11.1 Å². The Morgan fingerprint density at radius 3 is 2.85 bits per heavy atom. The number of hydrogen-bond donors (Lipinski definition) is 1. The van der Waals surface area contributed by atoms with Crippen molar-refractivity contribution in [2.45, 2.75) is 12.7 Å². The molecule has 0 amide bonds. The third-order valence-corrected chi connectivity index (χ3v) is 3.89. The summed E-state index contributed by atoms with van der Waals surface area (Å²) in [4.78, 5) is 0. The van der Waals surface area contributed by atoms with Crippen LogP contribution in [0.5, 0.6) is 0 Å². The summed E-state index contributed by atoms with van der Waals surface area (Å²) in [6.45, 7) is 2.38. The highest BCUT2D eigenvalue weighted by Crippen LogP contribution is 2.25. The molecule has 0 aromatic heterocycles. The van der Waals surface area contributed by atoms with Crippen molar-refractivity contribution in [3.05, 3.63) is 35.4 Å². The van der Waals surface area contributed by atoms with Gasteiger partial charge in [0.1, 0.15) is 0 Å². The quantitative estimate of drug-likeness (QED) is 0.601. The van der Waals surface area contributed by atoms with Gasteiger partial charge in [-0.2, -0.15) is 0 Å². The molecule has 0 fully saturated rings. The van der Waals surface area contributed by atoms with E-state index in [-0.39, 0.29) is 6.61 Å². The summed E-state index contributed by atoms with van der Waals surface area (Å²) < 4.78 is 0. The Morgan fingerprint density at radius 2 is 2.15 bits per heavy atom. The Hall–Kier alpha value is -0.120. The molecule has 1 nitrogen and oxygen atoms in total. The van der Waals surface area contributed by atoms with Crippen molar-refractivity contribution in [1.82, 2.24) is 0 Å². The van der Waals surface area contributed by atoms with Crippen molar-refractivity contribution in [3.8, 4) is 0 Å². The molecule has 0 aliphatic heterocycles. The van der Waals surface area contributed by atoms with Crippen molar-refractivity contribution < 1.29 is 5.11 Å². The highest BCUT2D eigenvalue weighted by Gasteiger charge is 1.93. The second-order valence-corrected chi connectivity index (χ2v) is 5.38. The Labute approximate surface area is 87.3 Å². The molecule has 72 valence electrons. The lowest BCUT2D eigenvalue weighted by Gasteiger charge is -2.01. The minimum absolute atomic E-state index is 0.269. The van der Waals surface area contributed by atoms with Crippen LogP contribution in [-0.4, -0.2) is 17.5 Å². The van der Waals surface area contributed by atoms with E-state index in [1.807, 2.05) is 0 Å². The third kappa shape index (κ3) is 4.60. The van der Waals surface area contributed by atoms with Gasteiger partial charge in [-0.1, -0.05) is 51.4 Å². The van der Waals surface area contributed by atoms with Gasteiger partial charge in [0.15, 0.2) is 0 Å². The fourth-order valence-electron chi connectivity index (χ4n) is 1.01. The van der Waals surface area contributed by atoms with E-state index in [0.717, 1.165) is 11.5 Å². The Kier molecular flexibility index (Phi) is 5.35. The van der Waals surface area contributed by atoms with Crippen LogP contribution in [0, 0.1) is 6.92 Å². The molecule has 0 bridgehead atoms. The average molecular weight is 214 g/mol. The predicted octanol–water partition coefficient (Wildman–Crippen LogP) is 2.87. The van der Waals surface area contributed by atoms with Crippen LogP contribution in [0.15, 0.2) is 24.3 Å². The molecule has 0 saturated heterocycles. The van der Waals surface area contributed by atoms with Gasteiger partial charge in [0, 0.05) is 11.5 Å². The Balaban J connectivity index is 2.28. The van der Waals surface area contributed by atoms with Gasteiger partial charge < -0.3 is 5.11 Å². The number of aliphatic hydroxyl groups excluding tert-OH is 1.